The van der Waals surface area contributed by atoms with Crippen molar-refractivity contribution in [3.05, 3.63) is 29.3 Å². The summed E-state index contributed by atoms with van der Waals surface area (Å²) >= 11 is 0. The fourth-order valence-electron chi connectivity index (χ4n) is 3.14. The Hall–Kier alpha value is -1.30. The summed E-state index contributed by atoms with van der Waals surface area (Å²) in [6.45, 7) is 4.63. The summed E-state index contributed by atoms with van der Waals surface area (Å²) in [6.07, 6.45) is -4.53. The standard InChI is InChI=1S/C17H24F4N2/c1-4-15(18)12-6-5-11(14-8-13(14)10(2)3)7-16(12)23(22)9-17(19,20)21/h5-7,10,13-15H,4,8-9,22H2,1-3H3/t13-,14-,15?/m1/s1. The second-order valence-electron chi connectivity index (χ2n) is 6.69. The van der Waals surface area contributed by atoms with E-state index >= 15 is 0 Å². The van der Waals surface area contributed by atoms with E-state index in [0.29, 0.717) is 22.8 Å². The van der Waals surface area contributed by atoms with Crippen LogP contribution in [0.2, 0.25) is 0 Å². The highest BCUT2D eigenvalue weighted by Gasteiger charge is 2.41. The first kappa shape index (κ1) is 18.0. The first-order valence-corrected chi connectivity index (χ1v) is 8.01. The number of benzene rings is 1. The molecule has 0 radical (unpaired) electrons. The quantitative estimate of drug-likeness (QED) is 0.446. The van der Waals surface area contributed by atoms with E-state index in [9.17, 15) is 17.6 Å². The highest BCUT2D eigenvalue weighted by molar-refractivity contribution is 5.57. The number of hydrogen-bond donors (Lipinski definition) is 1. The van der Waals surface area contributed by atoms with Crippen LogP contribution in [-0.4, -0.2) is 12.7 Å². The van der Waals surface area contributed by atoms with Crippen LogP contribution in [-0.2, 0) is 0 Å². The zero-order valence-corrected chi connectivity index (χ0v) is 13.7. The molecule has 1 fully saturated rings. The van der Waals surface area contributed by atoms with Gasteiger partial charge in [0.1, 0.15) is 12.7 Å². The average Bonchev–Trinajstić information content (AvgIpc) is 3.24. The van der Waals surface area contributed by atoms with Gasteiger partial charge in [0.25, 0.3) is 0 Å². The van der Waals surface area contributed by atoms with Gasteiger partial charge >= 0.3 is 6.18 Å². The molecule has 0 spiro atoms. The van der Waals surface area contributed by atoms with E-state index in [0.717, 1.165) is 12.0 Å². The predicted octanol–water partition coefficient (Wildman–Crippen LogP) is 5.11. The summed E-state index contributed by atoms with van der Waals surface area (Å²) < 4.78 is 52.0. The zero-order valence-electron chi connectivity index (χ0n) is 13.7. The fourth-order valence-corrected chi connectivity index (χ4v) is 3.14. The van der Waals surface area contributed by atoms with Crippen LogP contribution < -0.4 is 10.9 Å². The molecule has 23 heavy (non-hydrogen) atoms. The molecule has 0 amide bonds. The van der Waals surface area contributed by atoms with Crippen molar-refractivity contribution in [1.29, 1.82) is 0 Å². The number of nitrogens with two attached hydrogens (primary N) is 1. The van der Waals surface area contributed by atoms with Gasteiger partial charge in [0.05, 0.1) is 5.69 Å². The third kappa shape index (κ3) is 4.37. The van der Waals surface area contributed by atoms with Gasteiger partial charge in [0.2, 0.25) is 0 Å². The normalized spacial score (nSPS) is 22.3. The van der Waals surface area contributed by atoms with Gasteiger partial charge in [-0.3, -0.25) is 0 Å². The molecule has 0 heterocycles. The SMILES string of the molecule is CCC(F)c1ccc([C@H]2C[C@@H]2C(C)C)cc1N(N)CC(F)(F)F. The number of anilines is 1. The van der Waals surface area contributed by atoms with Crippen LogP contribution in [0.1, 0.15) is 56.8 Å². The van der Waals surface area contributed by atoms with Gasteiger partial charge < -0.3 is 5.01 Å². The Morgan fingerprint density at radius 2 is 1.96 bits per heavy atom. The van der Waals surface area contributed by atoms with Crippen molar-refractivity contribution >= 4 is 5.69 Å². The molecule has 1 aliphatic rings. The van der Waals surface area contributed by atoms with Gasteiger partial charge in [-0.25, -0.2) is 10.2 Å². The van der Waals surface area contributed by atoms with E-state index in [1.807, 2.05) is 6.07 Å². The third-order valence-electron chi connectivity index (χ3n) is 4.53. The van der Waals surface area contributed by atoms with E-state index in [2.05, 4.69) is 13.8 Å². The van der Waals surface area contributed by atoms with E-state index in [-0.39, 0.29) is 17.7 Å². The largest absolute Gasteiger partial charge is 0.407 e. The van der Waals surface area contributed by atoms with Crippen molar-refractivity contribution in [3.8, 4) is 0 Å². The Morgan fingerprint density at radius 3 is 2.43 bits per heavy atom. The lowest BCUT2D eigenvalue weighted by atomic mass is 9.98. The molecular weight excluding hydrogens is 308 g/mol. The van der Waals surface area contributed by atoms with Crippen molar-refractivity contribution in [2.45, 2.75) is 51.9 Å². The molecule has 2 nitrogen and oxygen atoms in total. The monoisotopic (exact) mass is 332 g/mol. The number of alkyl halides is 4. The molecule has 0 aromatic heterocycles. The molecule has 0 aliphatic heterocycles. The van der Waals surface area contributed by atoms with Crippen molar-refractivity contribution in [1.82, 2.24) is 0 Å². The van der Waals surface area contributed by atoms with Crippen LogP contribution >= 0.6 is 0 Å². The van der Waals surface area contributed by atoms with Crippen molar-refractivity contribution in [3.63, 3.8) is 0 Å². The van der Waals surface area contributed by atoms with Gasteiger partial charge in [-0.1, -0.05) is 32.9 Å². The summed E-state index contributed by atoms with van der Waals surface area (Å²) in [5.41, 5.74) is 1.32. The van der Waals surface area contributed by atoms with E-state index in [1.54, 1.807) is 19.1 Å². The highest BCUT2D eigenvalue weighted by atomic mass is 19.4. The lowest BCUT2D eigenvalue weighted by molar-refractivity contribution is -0.119. The maximum Gasteiger partial charge on any atom is 0.407 e. The lowest BCUT2D eigenvalue weighted by Crippen LogP contribution is -2.40. The van der Waals surface area contributed by atoms with Crippen LogP contribution in [0.5, 0.6) is 0 Å². The van der Waals surface area contributed by atoms with Crippen molar-refractivity contribution in [2.24, 2.45) is 17.7 Å². The predicted molar refractivity (Wildman–Crippen MR) is 83.9 cm³/mol. The summed E-state index contributed by atoms with van der Waals surface area (Å²) in [7, 11) is 0. The Kier molecular flexibility index (Phi) is 5.23. The minimum Gasteiger partial charge on any atom is -0.302 e. The molecule has 130 valence electrons. The smallest absolute Gasteiger partial charge is 0.302 e. The van der Waals surface area contributed by atoms with Crippen LogP contribution in [0.15, 0.2) is 18.2 Å². The van der Waals surface area contributed by atoms with Crippen LogP contribution in [0.4, 0.5) is 23.2 Å². The molecule has 1 saturated carbocycles. The number of nitrogens with zero attached hydrogens (tertiary/aromatic N) is 1. The number of rotatable bonds is 6. The second-order valence-corrected chi connectivity index (χ2v) is 6.69. The Morgan fingerprint density at radius 1 is 1.30 bits per heavy atom. The molecule has 1 aliphatic carbocycles. The molecule has 0 bridgehead atoms. The Bertz CT molecular complexity index is 542. The van der Waals surface area contributed by atoms with Gasteiger partial charge in [0, 0.05) is 5.56 Å². The zero-order chi connectivity index (χ0) is 17.4. The van der Waals surface area contributed by atoms with Crippen LogP contribution in [0.3, 0.4) is 0 Å². The number of halogens is 4. The first-order valence-electron chi connectivity index (χ1n) is 8.01. The summed E-state index contributed by atoms with van der Waals surface area (Å²) in [5.74, 6) is 7.00. The Balaban J connectivity index is 2.31. The van der Waals surface area contributed by atoms with Gasteiger partial charge in [-0.2, -0.15) is 13.2 Å². The van der Waals surface area contributed by atoms with Crippen molar-refractivity contribution < 1.29 is 17.6 Å². The third-order valence-corrected chi connectivity index (χ3v) is 4.53. The first-order chi connectivity index (χ1) is 10.6. The Labute approximate surface area is 134 Å². The molecule has 0 saturated heterocycles. The molecule has 1 aromatic carbocycles. The van der Waals surface area contributed by atoms with Crippen LogP contribution in [0.25, 0.3) is 0 Å². The minimum atomic E-state index is -4.43. The van der Waals surface area contributed by atoms with Gasteiger partial charge in [-0.15, -0.1) is 0 Å². The molecule has 1 aromatic rings. The molecule has 2 rings (SSSR count). The van der Waals surface area contributed by atoms with E-state index in [1.165, 1.54) is 0 Å². The summed E-state index contributed by atoms with van der Waals surface area (Å²) in [5, 5.41) is 0.619. The van der Waals surface area contributed by atoms with Crippen LogP contribution in [0, 0.1) is 11.8 Å². The van der Waals surface area contributed by atoms with E-state index < -0.39 is 18.9 Å². The fraction of sp³-hybridized carbons (Fsp3) is 0.647. The van der Waals surface area contributed by atoms with Gasteiger partial charge in [-0.05, 0) is 42.2 Å². The maximum absolute atomic E-state index is 14.1. The number of hydrogen-bond acceptors (Lipinski definition) is 2. The highest BCUT2D eigenvalue weighted by Crippen LogP contribution is 2.52. The summed E-state index contributed by atoms with van der Waals surface area (Å²) in [4.78, 5) is 0. The molecule has 3 atom stereocenters. The average molecular weight is 332 g/mol. The van der Waals surface area contributed by atoms with Gasteiger partial charge in [0.15, 0.2) is 0 Å². The van der Waals surface area contributed by atoms with Crippen molar-refractivity contribution in [2.75, 3.05) is 11.6 Å². The maximum atomic E-state index is 14.1. The molecule has 2 N–H and O–H groups in total. The van der Waals surface area contributed by atoms with E-state index in [4.69, 9.17) is 5.84 Å². The topological polar surface area (TPSA) is 29.3 Å². The summed E-state index contributed by atoms with van der Waals surface area (Å²) in [6, 6.07) is 5.05. The number of hydrazine groups is 1. The molecule has 6 heteroatoms. The second kappa shape index (κ2) is 6.67. The lowest BCUT2D eigenvalue weighted by Gasteiger charge is -2.25. The molecular formula is C17H24F4N2. The minimum absolute atomic E-state index is 0.142. The molecule has 1 unspecified atom stereocenters.